The van der Waals surface area contributed by atoms with Crippen LogP contribution in [0.4, 0.5) is 0 Å². The van der Waals surface area contributed by atoms with Crippen LogP contribution in [0.1, 0.15) is 6.92 Å². The van der Waals surface area contributed by atoms with Gasteiger partial charge in [-0.2, -0.15) is 0 Å². The van der Waals surface area contributed by atoms with Gasteiger partial charge in [0, 0.05) is 15.9 Å². The Morgan fingerprint density at radius 1 is 1.89 bits per heavy atom. The average molecular weight is 200 g/mol. The lowest BCUT2D eigenvalue weighted by Gasteiger charge is -2.13. The fourth-order valence-electron chi connectivity index (χ4n) is 0.153. The molecule has 0 aromatic carbocycles. The van der Waals surface area contributed by atoms with E-state index in [1.807, 2.05) is 0 Å². The van der Waals surface area contributed by atoms with Crippen LogP contribution in [0.5, 0.6) is 0 Å². The fourth-order valence-corrected chi connectivity index (χ4v) is 0.153. The smallest absolute Gasteiger partial charge is 0.382 e. The predicted molar refractivity (Wildman–Crippen MR) is 32.6 cm³/mol. The molecule has 9 heavy (non-hydrogen) atoms. The lowest BCUT2D eigenvalue weighted by atomic mass is 10.4. The van der Waals surface area contributed by atoms with Gasteiger partial charge < -0.3 is 10.2 Å². The Bertz CT molecular complexity index is 123. The zero-order valence-electron chi connectivity index (χ0n) is 4.61. The van der Waals surface area contributed by atoms with E-state index in [0.29, 0.717) is 0 Å². The minimum Gasteiger partial charge on any atom is -0.382 e. The molecule has 2 unspecified atom stereocenters. The van der Waals surface area contributed by atoms with Gasteiger partial charge >= 0.3 is 4.63 Å². The van der Waals surface area contributed by atoms with Crippen molar-refractivity contribution < 1.29 is 15.1 Å². The second-order valence-corrected chi connectivity index (χ2v) is 2.74. The van der Waals surface area contributed by atoms with E-state index in [4.69, 9.17) is 10.2 Å². The average Bonchev–Trinajstić information content (AvgIpc) is 1.65. The number of halogens is 1. The third-order valence-electron chi connectivity index (χ3n) is 0.788. The second kappa shape index (κ2) is 2.59. The van der Waals surface area contributed by atoms with E-state index in [0.717, 1.165) is 6.92 Å². The first-order valence-electron chi connectivity index (χ1n) is 2.13. The predicted octanol–water partition coefficient (Wildman–Crippen LogP) is -0.315. The molecule has 5 nitrogen and oxygen atoms in total. The number of aliphatic hydroxyl groups excluding tert-OH is 1. The van der Waals surface area contributed by atoms with Gasteiger partial charge in [-0.15, -0.1) is 0 Å². The molecule has 0 rings (SSSR count). The summed E-state index contributed by atoms with van der Waals surface area (Å²) >= 11 is 2.32. The van der Waals surface area contributed by atoms with Crippen molar-refractivity contribution in [3.05, 3.63) is 10.1 Å². The second-order valence-electron chi connectivity index (χ2n) is 1.57. The molecule has 0 spiro atoms. The van der Waals surface area contributed by atoms with E-state index in [1.54, 1.807) is 0 Å². The maximum absolute atomic E-state index is 9.81. The largest absolute Gasteiger partial charge is 0.403 e. The molecule has 0 saturated carbocycles. The summed E-state index contributed by atoms with van der Waals surface area (Å²) in [5.41, 5.74) is 0. The van der Waals surface area contributed by atoms with Crippen molar-refractivity contribution in [2.24, 2.45) is 0 Å². The Morgan fingerprint density at radius 2 is 2.22 bits per heavy atom. The van der Waals surface area contributed by atoms with E-state index in [-0.39, 0.29) is 0 Å². The molecule has 0 radical (unpaired) electrons. The summed E-state index contributed by atoms with van der Waals surface area (Å²) < 4.78 is -2.41. The molecule has 54 valence electrons. The number of rotatable bonds is 2. The van der Waals surface area contributed by atoms with E-state index in [2.05, 4.69) is 15.9 Å². The standard InChI is InChI=1S/C3H6BrNO4/c1-2(6)3(4,7)5(8)9/h2,6-7H,1H3. The SMILES string of the molecule is CC(O)C(O)(Br)[N+](=O)[O-]. The van der Waals surface area contributed by atoms with Crippen LogP contribution in [0, 0.1) is 10.1 Å². The summed E-state index contributed by atoms with van der Waals surface area (Å²) in [6, 6.07) is 0. The van der Waals surface area contributed by atoms with Crippen LogP contribution in [0.15, 0.2) is 0 Å². The minimum atomic E-state index is -2.41. The van der Waals surface area contributed by atoms with Crippen LogP contribution < -0.4 is 0 Å². The van der Waals surface area contributed by atoms with Gasteiger partial charge in [0.2, 0.25) is 0 Å². The van der Waals surface area contributed by atoms with E-state index < -0.39 is 15.7 Å². The summed E-state index contributed by atoms with van der Waals surface area (Å²) in [6.07, 6.45) is -1.44. The van der Waals surface area contributed by atoms with Crippen molar-refractivity contribution in [2.45, 2.75) is 17.7 Å². The van der Waals surface area contributed by atoms with Crippen molar-refractivity contribution in [1.82, 2.24) is 0 Å². The molecule has 0 aliphatic carbocycles. The molecule has 0 saturated heterocycles. The van der Waals surface area contributed by atoms with Crippen LogP contribution in [-0.2, 0) is 0 Å². The highest BCUT2D eigenvalue weighted by molar-refractivity contribution is 9.09. The number of nitrogens with zero attached hydrogens (tertiary/aromatic N) is 1. The molecule has 6 heteroatoms. The van der Waals surface area contributed by atoms with Crippen LogP contribution in [0.25, 0.3) is 0 Å². The minimum absolute atomic E-state index is 1.02. The van der Waals surface area contributed by atoms with Gasteiger partial charge in [-0.3, -0.25) is 10.1 Å². The first kappa shape index (κ1) is 8.80. The number of alkyl halides is 1. The summed E-state index contributed by atoms with van der Waals surface area (Å²) in [6.45, 7) is 1.11. The van der Waals surface area contributed by atoms with Crippen molar-refractivity contribution in [3.63, 3.8) is 0 Å². The van der Waals surface area contributed by atoms with Crippen LogP contribution in [-0.4, -0.2) is 25.9 Å². The Morgan fingerprint density at radius 3 is 2.22 bits per heavy atom. The van der Waals surface area contributed by atoms with Gasteiger partial charge in [0.15, 0.2) is 6.10 Å². The summed E-state index contributed by atoms with van der Waals surface area (Å²) in [4.78, 5) is 8.79. The van der Waals surface area contributed by atoms with E-state index in [9.17, 15) is 10.1 Å². The summed E-state index contributed by atoms with van der Waals surface area (Å²) in [5.74, 6) is 0. The number of aliphatic hydroxyl groups is 2. The highest BCUT2D eigenvalue weighted by atomic mass is 79.9. The lowest BCUT2D eigenvalue weighted by molar-refractivity contribution is -0.597. The Labute approximate surface area is 59.6 Å². The molecule has 0 aromatic rings. The molecule has 0 amide bonds. The highest BCUT2D eigenvalue weighted by Crippen LogP contribution is 2.18. The molecule has 0 fully saturated rings. The lowest BCUT2D eigenvalue weighted by Crippen LogP contribution is -2.41. The Kier molecular flexibility index (Phi) is 2.53. The molecule has 0 aromatic heterocycles. The molecular formula is C3H6BrNO4. The van der Waals surface area contributed by atoms with Gasteiger partial charge in [-0.1, -0.05) is 0 Å². The van der Waals surface area contributed by atoms with E-state index in [1.165, 1.54) is 0 Å². The highest BCUT2D eigenvalue weighted by Gasteiger charge is 2.42. The first-order chi connectivity index (χ1) is 3.89. The van der Waals surface area contributed by atoms with Crippen molar-refractivity contribution >= 4 is 15.9 Å². The first-order valence-corrected chi connectivity index (χ1v) is 2.92. The van der Waals surface area contributed by atoms with Gasteiger partial charge in [-0.25, -0.2) is 0 Å². The molecule has 0 aliphatic heterocycles. The Hall–Kier alpha value is -0.200. The molecule has 0 heterocycles. The van der Waals surface area contributed by atoms with Gasteiger partial charge in [-0.05, 0) is 6.92 Å². The van der Waals surface area contributed by atoms with Gasteiger partial charge in [0.1, 0.15) is 0 Å². The maximum Gasteiger partial charge on any atom is 0.403 e. The fraction of sp³-hybridized carbons (Fsp3) is 1.00. The number of nitro groups is 1. The van der Waals surface area contributed by atoms with Crippen molar-refractivity contribution in [3.8, 4) is 0 Å². The third kappa shape index (κ3) is 1.88. The molecule has 0 aliphatic rings. The number of hydrogen-bond acceptors (Lipinski definition) is 4. The molecule has 2 atom stereocenters. The number of hydrogen-bond donors (Lipinski definition) is 2. The third-order valence-corrected chi connectivity index (χ3v) is 1.74. The van der Waals surface area contributed by atoms with Crippen molar-refractivity contribution in [1.29, 1.82) is 0 Å². The quantitative estimate of drug-likeness (QED) is 0.210. The summed E-state index contributed by atoms with van der Waals surface area (Å²) in [5, 5.41) is 27.0. The van der Waals surface area contributed by atoms with E-state index >= 15 is 0 Å². The topological polar surface area (TPSA) is 83.6 Å². The molecular weight excluding hydrogens is 194 g/mol. The van der Waals surface area contributed by atoms with Gasteiger partial charge in [0.05, 0.1) is 4.92 Å². The Balaban J connectivity index is 4.19. The van der Waals surface area contributed by atoms with Gasteiger partial charge in [0.25, 0.3) is 0 Å². The zero-order valence-corrected chi connectivity index (χ0v) is 6.20. The zero-order chi connectivity index (χ0) is 7.65. The van der Waals surface area contributed by atoms with Crippen LogP contribution >= 0.6 is 15.9 Å². The molecule has 2 N–H and O–H groups in total. The maximum atomic E-state index is 9.81. The normalized spacial score (nSPS) is 20.4. The summed E-state index contributed by atoms with van der Waals surface area (Å²) in [7, 11) is 0. The molecule has 0 bridgehead atoms. The van der Waals surface area contributed by atoms with Crippen LogP contribution in [0.3, 0.4) is 0 Å². The van der Waals surface area contributed by atoms with Crippen LogP contribution in [0.2, 0.25) is 0 Å². The monoisotopic (exact) mass is 199 g/mol. The van der Waals surface area contributed by atoms with Crippen molar-refractivity contribution in [2.75, 3.05) is 0 Å².